The average Bonchev–Trinajstić information content (AvgIpc) is 3.41. The first-order valence-electron chi connectivity index (χ1n) is 9.73. The molecule has 5 rings (SSSR count). The van der Waals surface area contributed by atoms with Gasteiger partial charge in [-0.2, -0.15) is 0 Å². The van der Waals surface area contributed by atoms with E-state index in [1.54, 1.807) is 25.1 Å². The Bertz CT molecular complexity index is 1130. The second-order valence-corrected chi connectivity index (χ2v) is 7.10. The summed E-state index contributed by atoms with van der Waals surface area (Å²) in [5, 5.41) is 2.89. The fourth-order valence-corrected chi connectivity index (χ4v) is 3.78. The number of carbonyl (C=O) groups is 2. The minimum absolute atomic E-state index is 0.0805. The average molecular weight is 405 g/mol. The highest BCUT2D eigenvalue weighted by molar-refractivity contribution is 5.96. The Balaban J connectivity index is 1.45. The minimum atomic E-state index is -0.354. The summed E-state index contributed by atoms with van der Waals surface area (Å²) in [4.78, 5) is 24.1. The molecule has 0 spiro atoms. The summed E-state index contributed by atoms with van der Waals surface area (Å²) < 4.78 is 22.0. The molecule has 3 aromatic rings. The molecular formula is C23H19NO6. The number of benzene rings is 2. The van der Waals surface area contributed by atoms with E-state index in [0.717, 1.165) is 11.1 Å². The van der Waals surface area contributed by atoms with Crippen molar-refractivity contribution < 1.29 is 28.2 Å². The van der Waals surface area contributed by atoms with Gasteiger partial charge in [0, 0.05) is 23.7 Å². The smallest absolute Gasteiger partial charge is 0.338 e. The van der Waals surface area contributed by atoms with E-state index in [-0.39, 0.29) is 31.0 Å². The maximum atomic E-state index is 12.3. The summed E-state index contributed by atoms with van der Waals surface area (Å²) in [6.45, 7) is 2.27. The molecule has 1 N–H and O–H groups in total. The van der Waals surface area contributed by atoms with Crippen LogP contribution in [0.1, 0.15) is 40.9 Å². The summed E-state index contributed by atoms with van der Waals surface area (Å²) in [6.07, 6.45) is 0.279. The molecule has 1 aromatic heterocycles. The summed E-state index contributed by atoms with van der Waals surface area (Å²) in [6, 6.07) is 14.5. The lowest BCUT2D eigenvalue weighted by Crippen LogP contribution is -2.23. The van der Waals surface area contributed by atoms with Crippen LogP contribution in [0.25, 0.3) is 11.3 Å². The number of nitrogens with one attached hydrogen (secondary N) is 1. The molecule has 0 saturated heterocycles. The van der Waals surface area contributed by atoms with Crippen LogP contribution in [0.15, 0.2) is 52.9 Å². The summed E-state index contributed by atoms with van der Waals surface area (Å²) in [5.41, 5.74) is 2.96. The number of carbonyl (C=O) groups excluding carboxylic acids is 2. The maximum Gasteiger partial charge on any atom is 0.338 e. The van der Waals surface area contributed by atoms with Crippen molar-refractivity contribution in [1.82, 2.24) is 0 Å². The number of anilines is 1. The number of hydrogen-bond acceptors (Lipinski definition) is 6. The highest BCUT2D eigenvalue weighted by Gasteiger charge is 2.31. The lowest BCUT2D eigenvalue weighted by atomic mass is 9.88. The predicted molar refractivity (Wildman–Crippen MR) is 108 cm³/mol. The molecule has 0 bridgehead atoms. The number of amides is 1. The zero-order valence-electron chi connectivity index (χ0n) is 16.3. The first-order valence-corrected chi connectivity index (χ1v) is 9.73. The molecule has 7 nitrogen and oxygen atoms in total. The van der Waals surface area contributed by atoms with E-state index < -0.39 is 0 Å². The lowest BCUT2D eigenvalue weighted by molar-refractivity contribution is -0.116. The zero-order valence-corrected chi connectivity index (χ0v) is 16.3. The fourth-order valence-electron chi connectivity index (χ4n) is 3.78. The van der Waals surface area contributed by atoms with Gasteiger partial charge in [-0.25, -0.2) is 4.79 Å². The Labute approximate surface area is 172 Å². The van der Waals surface area contributed by atoms with Gasteiger partial charge in [0.05, 0.1) is 18.1 Å². The van der Waals surface area contributed by atoms with Crippen molar-refractivity contribution in [2.45, 2.75) is 19.3 Å². The normalized spacial score (nSPS) is 16.7. The van der Waals surface area contributed by atoms with Gasteiger partial charge in [0.1, 0.15) is 11.5 Å². The zero-order chi connectivity index (χ0) is 20.7. The summed E-state index contributed by atoms with van der Waals surface area (Å²) >= 11 is 0. The quantitative estimate of drug-likeness (QED) is 0.651. The van der Waals surface area contributed by atoms with Crippen LogP contribution in [-0.2, 0) is 9.53 Å². The van der Waals surface area contributed by atoms with Crippen molar-refractivity contribution >= 4 is 17.6 Å². The van der Waals surface area contributed by atoms with Gasteiger partial charge in [0.2, 0.25) is 12.7 Å². The van der Waals surface area contributed by atoms with Crippen molar-refractivity contribution in [3.05, 3.63) is 65.4 Å². The fraction of sp³-hybridized carbons (Fsp3) is 0.217. The Morgan fingerprint density at radius 3 is 2.63 bits per heavy atom. The van der Waals surface area contributed by atoms with Crippen LogP contribution >= 0.6 is 0 Å². The monoisotopic (exact) mass is 405 g/mol. The molecule has 0 radical (unpaired) electrons. The first-order chi connectivity index (χ1) is 14.6. The molecule has 1 amide bonds. The molecule has 7 heteroatoms. The molecule has 2 aliphatic rings. The van der Waals surface area contributed by atoms with Gasteiger partial charge < -0.3 is 23.9 Å². The van der Waals surface area contributed by atoms with Crippen molar-refractivity contribution in [2.24, 2.45) is 0 Å². The summed E-state index contributed by atoms with van der Waals surface area (Å²) in [7, 11) is 0. The predicted octanol–water partition coefficient (Wildman–Crippen LogP) is 4.33. The molecule has 3 heterocycles. The standard InChI is InChI=1S/C23H19NO6/c1-2-27-23(26)14-5-3-13(4-6-14)18-7-8-19(30-18)16-10-22(25)24-17-11-21-20(9-15(16)17)28-12-29-21/h3-9,11,16H,2,10,12H2,1H3,(H,24,25). The third-order valence-corrected chi connectivity index (χ3v) is 5.23. The van der Waals surface area contributed by atoms with Crippen LogP contribution in [0, 0.1) is 0 Å². The van der Waals surface area contributed by atoms with Crippen LogP contribution in [0.2, 0.25) is 0 Å². The van der Waals surface area contributed by atoms with Gasteiger partial charge in [-0.05, 0) is 42.8 Å². The third kappa shape index (κ3) is 3.18. The first kappa shape index (κ1) is 18.3. The molecule has 2 aliphatic heterocycles. The second-order valence-electron chi connectivity index (χ2n) is 7.10. The Kier molecular flexibility index (Phi) is 4.43. The highest BCUT2D eigenvalue weighted by atomic mass is 16.7. The van der Waals surface area contributed by atoms with E-state index in [0.29, 0.717) is 40.9 Å². The van der Waals surface area contributed by atoms with Crippen LogP contribution in [-0.4, -0.2) is 25.3 Å². The van der Waals surface area contributed by atoms with Crippen molar-refractivity contribution in [1.29, 1.82) is 0 Å². The number of rotatable bonds is 4. The number of hydrogen-bond donors (Lipinski definition) is 1. The Hall–Kier alpha value is -3.74. The van der Waals surface area contributed by atoms with E-state index in [1.165, 1.54) is 0 Å². The van der Waals surface area contributed by atoms with Crippen molar-refractivity contribution in [2.75, 3.05) is 18.7 Å². The molecular weight excluding hydrogens is 386 g/mol. The summed E-state index contributed by atoms with van der Waals surface area (Å²) in [5.74, 6) is 1.97. The molecule has 1 unspecified atom stereocenters. The number of fused-ring (bicyclic) bond motifs is 2. The van der Waals surface area contributed by atoms with Gasteiger partial charge >= 0.3 is 5.97 Å². The lowest BCUT2D eigenvalue weighted by Gasteiger charge is -2.24. The molecule has 1 atom stereocenters. The van der Waals surface area contributed by atoms with Crippen LogP contribution in [0.5, 0.6) is 11.5 Å². The number of esters is 1. The van der Waals surface area contributed by atoms with Gasteiger partial charge in [0.15, 0.2) is 11.5 Å². The largest absolute Gasteiger partial charge is 0.462 e. The molecule has 30 heavy (non-hydrogen) atoms. The van der Waals surface area contributed by atoms with Crippen LogP contribution < -0.4 is 14.8 Å². The Morgan fingerprint density at radius 2 is 1.87 bits per heavy atom. The van der Waals surface area contributed by atoms with Crippen molar-refractivity contribution in [3.8, 4) is 22.8 Å². The van der Waals surface area contributed by atoms with Gasteiger partial charge in [-0.15, -0.1) is 0 Å². The third-order valence-electron chi connectivity index (χ3n) is 5.23. The molecule has 0 fully saturated rings. The number of ether oxygens (including phenoxy) is 3. The Morgan fingerprint density at radius 1 is 1.10 bits per heavy atom. The number of furan rings is 1. The van der Waals surface area contributed by atoms with E-state index in [9.17, 15) is 9.59 Å². The minimum Gasteiger partial charge on any atom is -0.462 e. The van der Waals surface area contributed by atoms with E-state index in [4.69, 9.17) is 18.6 Å². The SMILES string of the molecule is CCOC(=O)c1ccc(-c2ccc(C3CC(=O)Nc4cc5c(cc43)OCO5)o2)cc1. The van der Waals surface area contributed by atoms with Crippen LogP contribution in [0.3, 0.4) is 0 Å². The van der Waals surface area contributed by atoms with Crippen LogP contribution in [0.4, 0.5) is 5.69 Å². The maximum absolute atomic E-state index is 12.3. The molecule has 2 aromatic carbocycles. The van der Waals surface area contributed by atoms with Gasteiger partial charge in [-0.1, -0.05) is 12.1 Å². The molecule has 0 aliphatic carbocycles. The van der Waals surface area contributed by atoms with E-state index in [2.05, 4.69) is 5.32 Å². The topological polar surface area (TPSA) is 87.0 Å². The van der Waals surface area contributed by atoms with E-state index in [1.807, 2.05) is 30.3 Å². The molecule has 0 saturated carbocycles. The second kappa shape index (κ2) is 7.26. The van der Waals surface area contributed by atoms with Crippen molar-refractivity contribution in [3.63, 3.8) is 0 Å². The van der Waals surface area contributed by atoms with Gasteiger partial charge in [0.25, 0.3) is 0 Å². The highest BCUT2D eigenvalue weighted by Crippen LogP contribution is 2.45. The molecule has 152 valence electrons. The van der Waals surface area contributed by atoms with Gasteiger partial charge in [-0.3, -0.25) is 4.79 Å². The van der Waals surface area contributed by atoms with E-state index >= 15 is 0 Å².